The molecule has 0 amide bonds. The van der Waals surface area contributed by atoms with E-state index in [-0.39, 0.29) is 17.9 Å². The highest BCUT2D eigenvalue weighted by Gasteiger charge is 2.23. The molecule has 0 radical (unpaired) electrons. The van der Waals surface area contributed by atoms with Gasteiger partial charge in [0.1, 0.15) is 5.82 Å². The van der Waals surface area contributed by atoms with Crippen molar-refractivity contribution in [3.63, 3.8) is 0 Å². The molecule has 2 atom stereocenters. The predicted molar refractivity (Wildman–Crippen MR) is 54.6 cm³/mol. The van der Waals surface area contributed by atoms with E-state index in [1.165, 1.54) is 6.07 Å². The van der Waals surface area contributed by atoms with Crippen LogP contribution in [0, 0.1) is 5.82 Å². The topological polar surface area (TPSA) is 24.1 Å². The van der Waals surface area contributed by atoms with Gasteiger partial charge in [-0.25, -0.2) is 4.39 Å². The van der Waals surface area contributed by atoms with Gasteiger partial charge in [0.2, 0.25) is 0 Å². The Balaban J connectivity index is 2.25. The summed E-state index contributed by atoms with van der Waals surface area (Å²) >= 11 is 0. The fraction of sp³-hybridized carbons (Fsp3) is 0.455. The van der Waals surface area contributed by atoms with Gasteiger partial charge in [0, 0.05) is 24.7 Å². The summed E-state index contributed by atoms with van der Waals surface area (Å²) in [6.45, 7) is 3.92. The van der Waals surface area contributed by atoms with Crippen molar-refractivity contribution in [1.29, 1.82) is 0 Å². The van der Waals surface area contributed by atoms with Crippen LogP contribution in [0.5, 0.6) is 0 Å². The van der Waals surface area contributed by atoms with Gasteiger partial charge in [0.25, 0.3) is 0 Å². The molecule has 2 nitrogen and oxygen atoms in total. The van der Waals surface area contributed by atoms with Crippen molar-refractivity contribution in [2.24, 2.45) is 0 Å². The molecule has 2 unspecified atom stereocenters. The number of nitrogens with one attached hydrogen (secondary N) is 2. The van der Waals surface area contributed by atoms with Gasteiger partial charge in [0.15, 0.2) is 0 Å². The zero-order chi connectivity index (χ0) is 9.97. The average molecular weight is 194 g/mol. The summed E-state index contributed by atoms with van der Waals surface area (Å²) in [4.78, 5) is 0. The molecule has 14 heavy (non-hydrogen) atoms. The minimum absolute atomic E-state index is 0.0879. The van der Waals surface area contributed by atoms with Crippen LogP contribution >= 0.6 is 0 Å². The fourth-order valence-electron chi connectivity index (χ4n) is 1.93. The Morgan fingerprint density at radius 3 is 2.64 bits per heavy atom. The Morgan fingerprint density at radius 1 is 1.21 bits per heavy atom. The van der Waals surface area contributed by atoms with Crippen molar-refractivity contribution in [2.45, 2.75) is 19.0 Å². The van der Waals surface area contributed by atoms with E-state index in [2.05, 4.69) is 17.6 Å². The molecule has 1 aromatic carbocycles. The number of hydrogen-bond donors (Lipinski definition) is 2. The normalized spacial score (nSPS) is 27.6. The zero-order valence-electron chi connectivity index (χ0n) is 8.26. The quantitative estimate of drug-likeness (QED) is 0.707. The Labute approximate surface area is 83.5 Å². The average Bonchev–Trinajstić information content (AvgIpc) is 2.20. The van der Waals surface area contributed by atoms with Crippen molar-refractivity contribution in [3.05, 3.63) is 35.6 Å². The van der Waals surface area contributed by atoms with Crippen molar-refractivity contribution in [1.82, 2.24) is 10.6 Å². The van der Waals surface area contributed by atoms with E-state index < -0.39 is 0 Å². The molecule has 1 saturated heterocycles. The molecule has 3 heteroatoms. The van der Waals surface area contributed by atoms with Crippen molar-refractivity contribution < 1.29 is 4.39 Å². The molecule has 1 aliphatic heterocycles. The molecule has 76 valence electrons. The van der Waals surface area contributed by atoms with Crippen molar-refractivity contribution >= 4 is 0 Å². The van der Waals surface area contributed by atoms with Crippen LogP contribution in [0.2, 0.25) is 0 Å². The first-order valence-electron chi connectivity index (χ1n) is 5.00. The Hall–Kier alpha value is -0.930. The molecule has 0 aromatic heterocycles. The van der Waals surface area contributed by atoms with E-state index in [9.17, 15) is 4.39 Å². The first-order chi connectivity index (χ1) is 6.79. The molecular formula is C11H15FN2. The third kappa shape index (κ3) is 1.79. The summed E-state index contributed by atoms with van der Waals surface area (Å²) in [5.41, 5.74) is 0.757. The van der Waals surface area contributed by atoms with Crippen LogP contribution in [-0.4, -0.2) is 19.1 Å². The van der Waals surface area contributed by atoms with Crippen molar-refractivity contribution in [3.8, 4) is 0 Å². The summed E-state index contributed by atoms with van der Waals surface area (Å²) in [6.07, 6.45) is 0. The van der Waals surface area contributed by atoms with E-state index >= 15 is 0 Å². The van der Waals surface area contributed by atoms with Gasteiger partial charge in [-0.1, -0.05) is 18.2 Å². The van der Waals surface area contributed by atoms with Gasteiger partial charge in [-0.2, -0.15) is 0 Å². The lowest BCUT2D eigenvalue weighted by molar-refractivity contribution is 0.337. The Morgan fingerprint density at radius 2 is 1.93 bits per heavy atom. The van der Waals surface area contributed by atoms with Gasteiger partial charge >= 0.3 is 0 Å². The smallest absolute Gasteiger partial charge is 0.128 e. The summed E-state index contributed by atoms with van der Waals surface area (Å²) in [7, 11) is 0. The molecule has 0 spiro atoms. The maximum Gasteiger partial charge on any atom is 0.128 e. The lowest BCUT2D eigenvalue weighted by atomic mass is 9.98. The van der Waals surface area contributed by atoms with E-state index in [4.69, 9.17) is 0 Å². The molecule has 1 fully saturated rings. The summed E-state index contributed by atoms with van der Waals surface area (Å²) in [5.74, 6) is -0.124. The number of piperazine rings is 1. The second-order valence-corrected chi connectivity index (χ2v) is 3.70. The van der Waals surface area contributed by atoms with Crippen LogP contribution < -0.4 is 10.6 Å². The second kappa shape index (κ2) is 4.07. The van der Waals surface area contributed by atoms with Crippen LogP contribution in [-0.2, 0) is 0 Å². The van der Waals surface area contributed by atoms with Gasteiger partial charge in [-0.05, 0) is 13.0 Å². The predicted octanol–water partition coefficient (Wildman–Crippen LogP) is 1.45. The minimum Gasteiger partial charge on any atom is -0.311 e. The zero-order valence-corrected chi connectivity index (χ0v) is 8.26. The number of benzene rings is 1. The van der Waals surface area contributed by atoms with Gasteiger partial charge in [-0.15, -0.1) is 0 Å². The van der Waals surface area contributed by atoms with Gasteiger partial charge in [0.05, 0.1) is 6.04 Å². The molecular weight excluding hydrogens is 179 g/mol. The highest BCUT2D eigenvalue weighted by atomic mass is 19.1. The number of hydrogen-bond acceptors (Lipinski definition) is 2. The maximum absolute atomic E-state index is 13.5. The first-order valence-corrected chi connectivity index (χ1v) is 5.00. The molecule has 0 bridgehead atoms. The van der Waals surface area contributed by atoms with Gasteiger partial charge < -0.3 is 10.6 Å². The standard InChI is InChI=1S/C11H15FN2/c1-8-11(14-7-6-13-8)9-4-2-3-5-10(9)12/h2-5,8,11,13-14H,6-7H2,1H3. The number of rotatable bonds is 1. The van der Waals surface area contributed by atoms with E-state index in [1.54, 1.807) is 6.07 Å². The SMILES string of the molecule is CC1NCCNC1c1ccccc1F. The largest absolute Gasteiger partial charge is 0.311 e. The second-order valence-electron chi connectivity index (χ2n) is 3.70. The van der Waals surface area contributed by atoms with E-state index in [0.29, 0.717) is 0 Å². The van der Waals surface area contributed by atoms with Crippen LogP contribution in [0.4, 0.5) is 4.39 Å². The first kappa shape index (κ1) is 9.62. The minimum atomic E-state index is -0.124. The molecule has 0 aliphatic carbocycles. The molecule has 1 aliphatic rings. The third-order valence-corrected chi connectivity index (χ3v) is 2.70. The van der Waals surface area contributed by atoms with Crippen LogP contribution in [0.25, 0.3) is 0 Å². The number of halogens is 1. The van der Waals surface area contributed by atoms with Gasteiger partial charge in [-0.3, -0.25) is 0 Å². The van der Waals surface area contributed by atoms with Crippen LogP contribution in [0.3, 0.4) is 0 Å². The van der Waals surface area contributed by atoms with Crippen LogP contribution in [0.1, 0.15) is 18.5 Å². The van der Waals surface area contributed by atoms with Crippen molar-refractivity contribution in [2.75, 3.05) is 13.1 Å². The van der Waals surface area contributed by atoms with E-state index in [0.717, 1.165) is 18.7 Å². The lowest BCUT2D eigenvalue weighted by Gasteiger charge is -2.31. The Kier molecular flexibility index (Phi) is 2.79. The molecule has 0 saturated carbocycles. The molecule has 2 N–H and O–H groups in total. The third-order valence-electron chi connectivity index (χ3n) is 2.70. The molecule has 2 rings (SSSR count). The summed E-state index contributed by atoms with van der Waals surface area (Å²) in [6, 6.07) is 7.32. The monoisotopic (exact) mass is 194 g/mol. The Bertz CT molecular complexity index is 314. The summed E-state index contributed by atoms with van der Waals surface area (Å²) < 4.78 is 13.5. The fourth-order valence-corrected chi connectivity index (χ4v) is 1.93. The summed E-state index contributed by atoms with van der Waals surface area (Å²) in [5, 5.41) is 6.65. The lowest BCUT2D eigenvalue weighted by Crippen LogP contribution is -2.49. The highest BCUT2D eigenvalue weighted by Crippen LogP contribution is 2.21. The maximum atomic E-state index is 13.5. The van der Waals surface area contributed by atoms with E-state index in [1.807, 2.05) is 12.1 Å². The molecule has 1 aromatic rings. The highest BCUT2D eigenvalue weighted by molar-refractivity contribution is 5.23. The molecule has 1 heterocycles. The van der Waals surface area contributed by atoms with Crippen LogP contribution in [0.15, 0.2) is 24.3 Å².